The van der Waals surface area contributed by atoms with Gasteiger partial charge < -0.3 is 10.4 Å². The van der Waals surface area contributed by atoms with Gasteiger partial charge in [-0.25, -0.2) is 4.79 Å². The van der Waals surface area contributed by atoms with E-state index in [1.807, 2.05) is 12.1 Å². The molecule has 0 radical (unpaired) electrons. The van der Waals surface area contributed by atoms with Crippen LogP contribution >= 0.6 is 0 Å². The number of benzene rings is 1. The molecule has 2 aromatic rings. The number of para-hydroxylation sites is 1. The second kappa shape index (κ2) is 5.85. The van der Waals surface area contributed by atoms with Crippen LogP contribution in [0.4, 0.5) is 0 Å². The first-order valence-electron chi connectivity index (χ1n) is 5.94. The summed E-state index contributed by atoms with van der Waals surface area (Å²) in [5, 5.41) is 12.2. The number of amides is 1. The molecule has 0 aliphatic heterocycles. The highest BCUT2D eigenvalue weighted by atomic mass is 16.4. The summed E-state index contributed by atoms with van der Waals surface area (Å²) in [4.78, 5) is 27.3. The van der Waals surface area contributed by atoms with E-state index in [9.17, 15) is 9.59 Å². The van der Waals surface area contributed by atoms with Gasteiger partial charge in [0.25, 0.3) is 5.91 Å². The molecule has 0 saturated carbocycles. The maximum Gasteiger partial charge on any atom is 0.327 e. The predicted octanol–water partition coefficient (Wildman–Crippen LogP) is 1.44. The van der Waals surface area contributed by atoms with E-state index in [1.165, 1.54) is 0 Å². The highest BCUT2D eigenvalue weighted by molar-refractivity contribution is 6.06. The van der Waals surface area contributed by atoms with Crippen molar-refractivity contribution in [1.82, 2.24) is 10.3 Å². The van der Waals surface area contributed by atoms with Crippen molar-refractivity contribution < 1.29 is 14.7 Å². The van der Waals surface area contributed by atoms with Gasteiger partial charge in [0.1, 0.15) is 6.04 Å². The first-order chi connectivity index (χ1) is 9.63. The van der Waals surface area contributed by atoms with Gasteiger partial charge in [0, 0.05) is 18.0 Å². The number of carbonyl (C=O) groups is 2. The number of rotatable bonds is 4. The minimum Gasteiger partial charge on any atom is -0.480 e. The number of fused-ring (bicyclic) bond motifs is 1. The summed E-state index contributed by atoms with van der Waals surface area (Å²) in [5.74, 6) is 0.567. The molecular weight excluding hydrogens is 256 g/mol. The van der Waals surface area contributed by atoms with Crippen molar-refractivity contribution in [3.8, 4) is 12.3 Å². The van der Waals surface area contributed by atoms with Crippen LogP contribution in [-0.4, -0.2) is 28.0 Å². The van der Waals surface area contributed by atoms with Crippen LogP contribution in [0.15, 0.2) is 36.5 Å². The molecule has 0 aliphatic rings. The van der Waals surface area contributed by atoms with Crippen LogP contribution in [0.1, 0.15) is 16.8 Å². The molecular formula is C15H12N2O3. The van der Waals surface area contributed by atoms with E-state index in [0.717, 1.165) is 5.39 Å². The topological polar surface area (TPSA) is 79.3 Å². The minimum atomic E-state index is -1.16. The SMILES string of the molecule is C#CCC(NC(=O)c1cccc2cccnc12)C(=O)O. The lowest BCUT2D eigenvalue weighted by molar-refractivity contribution is -0.139. The van der Waals surface area contributed by atoms with E-state index in [4.69, 9.17) is 11.5 Å². The Bertz CT molecular complexity index is 698. The molecule has 2 rings (SSSR count). The molecule has 1 heterocycles. The third kappa shape index (κ3) is 2.75. The Balaban J connectivity index is 2.32. The van der Waals surface area contributed by atoms with Gasteiger partial charge in [-0.1, -0.05) is 18.2 Å². The smallest absolute Gasteiger partial charge is 0.327 e. The average molecular weight is 268 g/mol. The van der Waals surface area contributed by atoms with Crippen LogP contribution in [0, 0.1) is 12.3 Å². The number of carboxylic acid groups (broad SMARTS) is 1. The lowest BCUT2D eigenvalue weighted by Gasteiger charge is -2.12. The quantitative estimate of drug-likeness (QED) is 0.822. The summed E-state index contributed by atoms with van der Waals surface area (Å²) >= 11 is 0. The minimum absolute atomic E-state index is 0.0702. The number of nitrogens with zero attached hydrogens (tertiary/aromatic N) is 1. The zero-order valence-electron chi connectivity index (χ0n) is 10.5. The van der Waals surface area contributed by atoms with E-state index in [0.29, 0.717) is 11.1 Å². The van der Waals surface area contributed by atoms with Crippen molar-refractivity contribution in [2.24, 2.45) is 0 Å². The van der Waals surface area contributed by atoms with Crippen molar-refractivity contribution in [3.63, 3.8) is 0 Å². The summed E-state index contributed by atoms with van der Waals surface area (Å²) in [6.07, 6.45) is 6.60. The van der Waals surface area contributed by atoms with Crippen LogP contribution in [0.25, 0.3) is 10.9 Å². The molecule has 0 aliphatic carbocycles. The average Bonchev–Trinajstić information content (AvgIpc) is 2.46. The molecule has 20 heavy (non-hydrogen) atoms. The standard InChI is InChI=1S/C15H12N2O3/c1-2-5-12(15(19)20)17-14(18)11-8-3-6-10-7-4-9-16-13(10)11/h1,3-4,6-9,12H,5H2,(H,17,18)(H,19,20). The van der Waals surface area contributed by atoms with E-state index >= 15 is 0 Å². The van der Waals surface area contributed by atoms with E-state index in [1.54, 1.807) is 24.4 Å². The monoisotopic (exact) mass is 268 g/mol. The Labute approximate surface area is 115 Å². The summed E-state index contributed by atoms with van der Waals surface area (Å²) in [6.45, 7) is 0. The number of aromatic nitrogens is 1. The largest absolute Gasteiger partial charge is 0.480 e. The Morgan fingerprint density at radius 1 is 1.35 bits per heavy atom. The molecule has 5 nitrogen and oxygen atoms in total. The van der Waals surface area contributed by atoms with Gasteiger partial charge in [-0.15, -0.1) is 12.3 Å². The van der Waals surface area contributed by atoms with Crippen molar-refractivity contribution in [2.45, 2.75) is 12.5 Å². The van der Waals surface area contributed by atoms with Gasteiger partial charge in [0.05, 0.1) is 11.1 Å². The second-order valence-corrected chi connectivity index (χ2v) is 4.15. The van der Waals surface area contributed by atoms with Gasteiger partial charge in [0.15, 0.2) is 0 Å². The maximum absolute atomic E-state index is 12.2. The predicted molar refractivity (Wildman–Crippen MR) is 74.1 cm³/mol. The summed E-state index contributed by atoms with van der Waals surface area (Å²) < 4.78 is 0. The molecule has 0 fully saturated rings. The van der Waals surface area contributed by atoms with Crippen LogP contribution in [0.2, 0.25) is 0 Å². The zero-order valence-corrected chi connectivity index (χ0v) is 10.5. The summed E-state index contributed by atoms with van der Waals surface area (Å²) in [7, 11) is 0. The molecule has 0 bridgehead atoms. The number of hydrogen-bond acceptors (Lipinski definition) is 3. The van der Waals surface area contributed by atoms with E-state index in [2.05, 4.69) is 16.2 Å². The molecule has 1 amide bonds. The van der Waals surface area contributed by atoms with Gasteiger partial charge >= 0.3 is 5.97 Å². The molecule has 0 spiro atoms. The second-order valence-electron chi connectivity index (χ2n) is 4.15. The Morgan fingerprint density at radius 3 is 2.80 bits per heavy atom. The first kappa shape index (κ1) is 13.6. The number of carbonyl (C=O) groups excluding carboxylic acids is 1. The van der Waals surface area contributed by atoms with Crippen LogP contribution in [0.3, 0.4) is 0 Å². The van der Waals surface area contributed by atoms with Gasteiger partial charge in [-0.05, 0) is 12.1 Å². The molecule has 1 unspecified atom stereocenters. The third-order valence-corrected chi connectivity index (χ3v) is 2.80. The Kier molecular flexibility index (Phi) is 3.96. The highest BCUT2D eigenvalue weighted by Crippen LogP contribution is 2.16. The number of nitrogens with one attached hydrogen (secondary N) is 1. The van der Waals surface area contributed by atoms with Crippen LogP contribution in [-0.2, 0) is 4.79 Å². The number of pyridine rings is 1. The Hall–Kier alpha value is -2.87. The molecule has 2 N–H and O–H groups in total. The van der Waals surface area contributed by atoms with Crippen molar-refractivity contribution in [2.75, 3.05) is 0 Å². The Morgan fingerprint density at radius 2 is 2.10 bits per heavy atom. The van der Waals surface area contributed by atoms with Crippen LogP contribution < -0.4 is 5.32 Å². The highest BCUT2D eigenvalue weighted by Gasteiger charge is 2.20. The fourth-order valence-corrected chi connectivity index (χ4v) is 1.84. The van der Waals surface area contributed by atoms with Crippen molar-refractivity contribution in [1.29, 1.82) is 0 Å². The lowest BCUT2D eigenvalue weighted by Crippen LogP contribution is -2.40. The van der Waals surface area contributed by atoms with Crippen molar-refractivity contribution in [3.05, 3.63) is 42.1 Å². The van der Waals surface area contributed by atoms with Gasteiger partial charge in [-0.3, -0.25) is 9.78 Å². The fourth-order valence-electron chi connectivity index (χ4n) is 1.84. The lowest BCUT2D eigenvalue weighted by atomic mass is 10.1. The normalized spacial score (nSPS) is 11.6. The summed E-state index contributed by atoms with van der Waals surface area (Å²) in [5.41, 5.74) is 0.851. The molecule has 1 atom stereocenters. The van der Waals surface area contributed by atoms with Gasteiger partial charge in [-0.2, -0.15) is 0 Å². The van der Waals surface area contributed by atoms with Gasteiger partial charge in [0.2, 0.25) is 0 Å². The molecule has 1 aromatic carbocycles. The number of terminal acetylenes is 1. The van der Waals surface area contributed by atoms with E-state index < -0.39 is 17.9 Å². The zero-order chi connectivity index (χ0) is 14.5. The maximum atomic E-state index is 12.2. The fraction of sp³-hybridized carbons (Fsp3) is 0.133. The molecule has 1 aromatic heterocycles. The van der Waals surface area contributed by atoms with Crippen LogP contribution in [0.5, 0.6) is 0 Å². The number of hydrogen-bond donors (Lipinski definition) is 2. The van der Waals surface area contributed by atoms with E-state index in [-0.39, 0.29) is 6.42 Å². The molecule has 5 heteroatoms. The number of carboxylic acids is 1. The first-order valence-corrected chi connectivity index (χ1v) is 5.94. The summed E-state index contributed by atoms with van der Waals surface area (Å²) in [6, 6.07) is 7.63. The third-order valence-electron chi connectivity index (χ3n) is 2.80. The molecule has 0 saturated heterocycles. The van der Waals surface area contributed by atoms with Crippen molar-refractivity contribution >= 4 is 22.8 Å². The molecule has 100 valence electrons. The number of aliphatic carboxylic acids is 1.